The van der Waals surface area contributed by atoms with Crippen LogP contribution in [0.2, 0.25) is 0 Å². The van der Waals surface area contributed by atoms with Gasteiger partial charge in [0.25, 0.3) is 0 Å². The number of likely N-dealkylation sites (tertiary alicyclic amines) is 1. The summed E-state index contributed by atoms with van der Waals surface area (Å²) in [7, 11) is 0. The Morgan fingerprint density at radius 3 is 2.59 bits per heavy atom. The Bertz CT molecular complexity index is 440. The number of hydrogen-bond donors (Lipinski definition) is 3. The lowest BCUT2D eigenvalue weighted by Crippen LogP contribution is -2.51. The third-order valence-electron chi connectivity index (χ3n) is 3.27. The summed E-state index contributed by atoms with van der Waals surface area (Å²) in [5.74, 6) is -1.03. The van der Waals surface area contributed by atoms with Crippen LogP contribution in [0.1, 0.15) is 18.5 Å². The highest BCUT2D eigenvalue weighted by Gasteiger charge is 2.36. The minimum Gasteiger partial charge on any atom is -0.508 e. The zero-order chi connectivity index (χ0) is 12.6. The normalized spacial score (nSPS) is 18.6. The van der Waals surface area contributed by atoms with Gasteiger partial charge in [0.15, 0.2) is 0 Å². The quantitative estimate of drug-likeness (QED) is 0.735. The maximum Gasteiger partial charge on any atom is 0.309 e. The zero-order valence-electron chi connectivity index (χ0n) is 9.50. The van der Waals surface area contributed by atoms with Crippen LogP contribution < -0.4 is 0 Å². The van der Waals surface area contributed by atoms with Crippen LogP contribution in [-0.4, -0.2) is 39.3 Å². The van der Waals surface area contributed by atoms with Crippen molar-refractivity contribution in [3.05, 3.63) is 23.8 Å². The number of carboxylic acid groups (broad SMARTS) is 1. The number of hydrogen-bond acceptors (Lipinski definition) is 4. The molecule has 0 aliphatic carbocycles. The van der Waals surface area contributed by atoms with Crippen LogP contribution in [0, 0.1) is 5.92 Å². The molecule has 0 spiro atoms. The standard InChI is InChI=1S/C12H15NO4/c1-7(13-5-8(6-13)12(16)17)10-3-2-9(14)4-11(10)15/h2-4,7-8,14-15H,5-6H2,1H3,(H,16,17). The molecule has 5 nitrogen and oxygen atoms in total. The highest BCUT2D eigenvalue weighted by Crippen LogP contribution is 2.34. The number of nitrogens with zero attached hydrogens (tertiary/aromatic N) is 1. The molecule has 5 heteroatoms. The fourth-order valence-corrected chi connectivity index (χ4v) is 2.07. The molecule has 0 bridgehead atoms. The van der Waals surface area contributed by atoms with E-state index >= 15 is 0 Å². The van der Waals surface area contributed by atoms with Gasteiger partial charge in [0.2, 0.25) is 0 Å². The Labute approximate surface area is 98.9 Å². The molecule has 0 amide bonds. The predicted octanol–water partition coefficient (Wildman–Crippen LogP) is 1.18. The Kier molecular flexibility index (Phi) is 2.93. The number of aliphatic carboxylic acids is 1. The monoisotopic (exact) mass is 237 g/mol. The van der Waals surface area contributed by atoms with Crippen LogP contribution >= 0.6 is 0 Å². The Balaban J connectivity index is 2.06. The average Bonchev–Trinajstić information content (AvgIpc) is 2.13. The zero-order valence-corrected chi connectivity index (χ0v) is 9.50. The van der Waals surface area contributed by atoms with Gasteiger partial charge in [0, 0.05) is 30.8 Å². The summed E-state index contributed by atoms with van der Waals surface area (Å²) in [5, 5.41) is 27.7. The van der Waals surface area contributed by atoms with Crippen molar-refractivity contribution in [2.45, 2.75) is 13.0 Å². The van der Waals surface area contributed by atoms with Crippen molar-refractivity contribution in [1.82, 2.24) is 4.90 Å². The van der Waals surface area contributed by atoms with E-state index in [1.54, 1.807) is 6.07 Å². The molecule has 2 rings (SSSR count). The average molecular weight is 237 g/mol. The molecule has 1 atom stereocenters. The molecule has 17 heavy (non-hydrogen) atoms. The second-order valence-corrected chi connectivity index (χ2v) is 4.41. The van der Waals surface area contributed by atoms with Gasteiger partial charge < -0.3 is 15.3 Å². The molecule has 1 unspecified atom stereocenters. The molecule has 1 aromatic carbocycles. The van der Waals surface area contributed by atoms with Gasteiger partial charge in [0.05, 0.1) is 5.92 Å². The molecule has 1 fully saturated rings. The van der Waals surface area contributed by atoms with E-state index in [1.165, 1.54) is 12.1 Å². The summed E-state index contributed by atoms with van der Waals surface area (Å²) in [6.07, 6.45) is 0. The van der Waals surface area contributed by atoms with Gasteiger partial charge in [-0.3, -0.25) is 9.69 Å². The van der Waals surface area contributed by atoms with Gasteiger partial charge in [-0.25, -0.2) is 0 Å². The molecule has 1 aromatic rings. The number of phenols is 2. The summed E-state index contributed by atoms with van der Waals surface area (Å²) >= 11 is 0. The van der Waals surface area contributed by atoms with Gasteiger partial charge in [0.1, 0.15) is 11.5 Å². The lowest BCUT2D eigenvalue weighted by molar-refractivity contribution is -0.148. The highest BCUT2D eigenvalue weighted by molar-refractivity contribution is 5.71. The van der Waals surface area contributed by atoms with E-state index in [4.69, 9.17) is 5.11 Å². The van der Waals surface area contributed by atoms with Crippen molar-refractivity contribution in [1.29, 1.82) is 0 Å². The summed E-state index contributed by atoms with van der Waals surface area (Å²) < 4.78 is 0. The molecular formula is C12H15NO4. The van der Waals surface area contributed by atoms with Crippen molar-refractivity contribution < 1.29 is 20.1 Å². The Morgan fingerprint density at radius 2 is 2.06 bits per heavy atom. The molecule has 92 valence electrons. The molecule has 1 aliphatic rings. The molecule has 3 N–H and O–H groups in total. The molecule has 1 heterocycles. The summed E-state index contributed by atoms with van der Waals surface area (Å²) in [6.45, 7) is 2.90. The molecule has 0 aromatic heterocycles. The van der Waals surface area contributed by atoms with Crippen molar-refractivity contribution in [3.63, 3.8) is 0 Å². The Hall–Kier alpha value is -1.75. The van der Waals surface area contributed by atoms with Crippen LogP contribution in [0.4, 0.5) is 0 Å². The van der Waals surface area contributed by atoms with E-state index in [1.807, 2.05) is 11.8 Å². The Morgan fingerprint density at radius 1 is 1.41 bits per heavy atom. The van der Waals surface area contributed by atoms with Crippen LogP contribution in [0.3, 0.4) is 0 Å². The highest BCUT2D eigenvalue weighted by atomic mass is 16.4. The van der Waals surface area contributed by atoms with Gasteiger partial charge in [-0.1, -0.05) is 6.07 Å². The summed E-state index contributed by atoms with van der Waals surface area (Å²) in [5.41, 5.74) is 0.701. The third-order valence-corrected chi connectivity index (χ3v) is 3.27. The first-order chi connectivity index (χ1) is 7.99. The van der Waals surface area contributed by atoms with Crippen molar-refractivity contribution in [3.8, 4) is 11.5 Å². The topological polar surface area (TPSA) is 81.0 Å². The largest absolute Gasteiger partial charge is 0.508 e. The lowest BCUT2D eigenvalue weighted by Gasteiger charge is -2.41. The molecule has 0 saturated carbocycles. The number of phenolic OH excluding ortho intramolecular Hbond substituents is 2. The van der Waals surface area contributed by atoms with E-state index in [0.717, 1.165) is 0 Å². The van der Waals surface area contributed by atoms with E-state index in [-0.39, 0.29) is 23.5 Å². The third kappa shape index (κ3) is 2.19. The number of rotatable bonds is 3. The van der Waals surface area contributed by atoms with Crippen LogP contribution in [0.5, 0.6) is 11.5 Å². The second-order valence-electron chi connectivity index (χ2n) is 4.41. The lowest BCUT2D eigenvalue weighted by atomic mass is 9.95. The van der Waals surface area contributed by atoms with Gasteiger partial charge in [-0.15, -0.1) is 0 Å². The molecule has 1 aliphatic heterocycles. The van der Waals surface area contributed by atoms with Crippen molar-refractivity contribution in [2.24, 2.45) is 5.92 Å². The van der Waals surface area contributed by atoms with E-state index in [9.17, 15) is 15.0 Å². The van der Waals surface area contributed by atoms with Crippen LogP contribution in [0.15, 0.2) is 18.2 Å². The second kappa shape index (κ2) is 4.25. The van der Waals surface area contributed by atoms with Crippen LogP contribution in [0.25, 0.3) is 0 Å². The maximum absolute atomic E-state index is 10.7. The van der Waals surface area contributed by atoms with E-state index in [0.29, 0.717) is 18.7 Å². The number of aromatic hydroxyl groups is 2. The SMILES string of the molecule is CC(c1ccc(O)cc1O)N1CC(C(=O)O)C1. The fourth-order valence-electron chi connectivity index (χ4n) is 2.07. The first kappa shape index (κ1) is 11.7. The van der Waals surface area contributed by atoms with Gasteiger partial charge in [-0.05, 0) is 13.0 Å². The first-order valence-electron chi connectivity index (χ1n) is 5.47. The number of carboxylic acids is 1. The minimum atomic E-state index is -0.775. The van der Waals surface area contributed by atoms with Crippen LogP contribution in [-0.2, 0) is 4.79 Å². The minimum absolute atomic E-state index is 0.0190. The summed E-state index contributed by atoms with van der Waals surface area (Å²) in [4.78, 5) is 12.7. The molecule has 1 saturated heterocycles. The van der Waals surface area contributed by atoms with E-state index < -0.39 is 5.97 Å². The number of carbonyl (C=O) groups is 1. The van der Waals surface area contributed by atoms with E-state index in [2.05, 4.69) is 0 Å². The van der Waals surface area contributed by atoms with Gasteiger partial charge >= 0.3 is 5.97 Å². The smallest absolute Gasteiger partial charge is 0.309 e. The molecule has 0 radical (unpaired) electrons. The fraction of sp³-hybridized carbons (Fsp3) is 0.417. The van der Waals surface area contributed by atoms with Crippen molar-refractivity contribution >= 4 is 5.97 Å². The maximum atomic E-state index is 10.7. The van der Waals surface area contributed by atoms with Gasteiger partial charge in [-0.2, -0.15) is 0 Å². The number of benzene rings is 1. The summed E-state index contributed by atoms with van der Waals surface area (Å²) in [6, 6.07) is 4.41. The molecular weight excluding hydrogens is 222 g/mol. The first-order valence-corrected chi connectivity index (χ1v) is 5.47. The predicted molar refractivity (Wildman–Crippen MR) is 60.9 cm³/mol. The van der Waals surface area contributed by atoms with Crippen molar-refractivity contribution in [2.75, 3.05) is 13.1 Å².